The van der Waals surface area contributed by atoms with Crippen molar-refractivity contribution in [2.75, 3.05) is 6.54 Å². The molecule has 2 aromatic carbocycles. The van der Waals surface area contributed by atoms with Gasteiger partial charge in [0.1, 0.15) is 0 Å². The molecule has 0 radical (unpaired) electrons. The molecule has 9 nitrogen and oxygen atoms in total. The van der Waals surface area contributed by atoms with Crippen molar-refractivity contribution >= 4 is 29.4 Å². The molecule has 34 heavy (non-hydrogen) atoms. The van der Waals surface area contributed by atoms with E-state index in [-0.39, 0.29) is 24.2 Å². The predicted molar refractivity (Wildman–Crippen MR) is 124 cm³/mol. The number of ketones is 1. The van der Waals surface area contributed by atoms with E-state index in [1.54, 1.807) is 36.4 Å². The molecule has 0 aromatic heterocycles. The van der Waals surface area contributed by atoms with Gasteiger partial charge in [0, 0.05) is 25.1 Å². The Morgan fingerprint density at radius 1 is 1.06 bits per heavy atom. The number of amides is 1. The van der Waals surface area contributed by atoms with Gasteiger partial charge in [-0.1, -0.05) is 55.0 Å². The molecule has 0 saturated heterocycles. The summed E-state index contributed by atoms with van der Waals surface area (Å²) >= 11 is 0. The van der Waals surface area contributed by atoms with Gasteiger partial charge in [-0.15, -0.1) is 0 Å². The third-order valence-corrected chi connectivity index (χ3v) is 5.48. The Balaban J connectivity index is 1.91. The SMILES string of the molecule is O=C(O)CCCCCN1C(=O)C(O)=C(C(=O)/C=C/c2ccccc2)[C@@H]1c1cccc([N+](=O)[O-])c1. The minimum absolute atomic E-state index is 0.000227. The summed E-state index contributed by atoms with van der Waals surface area (Å²) in [5, 5.41) is 30.7. The van der Waals surface area contributed by atoms with Gasteiger partial charge in [0.25, 0.3) is 11.6 Å². The Kier molecular flexibility index (Phi) is 7.92. The van der Waals surface area contributed by atoms with Crippen LogP contribution in [0.5, 0.6) is 0 Å². The standard InChI is InChI=1S/C25H24N2O7/c28-20(14-13-17-8-3-1-4-9-17)22-23(18-10-7-11-19(16-18)27(33)34)26(25(32)24(22)31)15-6-2-5-12-21(29)30/h1,3-4,7-11,13-14,16,23,31H,2,5-6,12,15H2,(H,29,30)/b14-13+/t23-/m0/s1. The van der Waals surface area contributed by atoms with Crippen LogP contribution in [0.1, 0.15) is 42.9 Å². The second-order valence-electron chi connectivity index (χ2n) is 7.83. The zero-order valence-electron chi connectivity index (χ0n) is 18.3. The minimum Gasteiger partial charge on any atom is -0.503 e. The molecule has 0 saturated carbocycles. The summed E-state index contributed by atoms with van der Waals surface area (Å²) in [6.07, 6.45) is 4.21. The number of carbonyl (C=O) groups is 3. The molecule has 2 aromatic rings. The highest BCUT2D eigenvalue weighted by Gasteiger charge is 2.42. The lowest BCUT2D eigenvalue weighted by Gasteiger charge is -2.26. The van der Waals surface area contributed by atoms with Crippen molar-refractivity contribution in [2.24, 2.45) is 0 Å². The number of hydrogen-bond acceptors (Lipinski definition) is 6. The number of hydrogen-bond donors (Lipinski definition) is 2. The molecule has 1 aliphatic heterocycles. The maximum atomic E-state index is 13.1. The monoisotopic (exact) mass is 464 g/mol. The predicted octanol–water partition coefficient (Wildman–Crippen LogP) is 4.22. The number of aliphatic hydroxyl groups is 1. The fourth-order valence-corrected chi connectivity index (χ4v) is 3.85. The lowest BCUT2D eigenvalue weighted by atomic mass is 9.95. The summed E-state index contributed by atoms with van der Waals surface area (Å²) in [5.74, 6) is -2.93. The van der Waals surface area contributed by atoms with Crippen molar-refractivity contribution in [1.82, 2.24) is 4.90 Å². The van der Waals surface area contributed by atoms with Crippen LogP contribution in [0, 0.1) is 10.1 Å². The number of non-ortho nitro benzene ring substituents is 1. The van der Waals surface area contributed by atoms with Gasteiger partial charge in [0.2, 0.25) is 0 Å². The minimum atomic E-state index is -1.00. The number of nitro benzene ring substituents is 1. The van der Waals surface area contributed by atoms with Crippen LogP contribution in [0.25, 0.3) is 6.08 Å². The van der Waals surface area contributed by atoms with E-state index in [0.29, 0.717) is 24.8 Å². The summed E-state index contributed by atoms with van der Waals surface area (Å²) in [6, 6.07) is 13.6. The number of nitrogens with zero attached hydrogens (tertiary/aromatic N) is 2. The zero-order chi connectivity index (χ0) is 24.7. The molecule has 0 unspecified atom stereocenters. The van der Waals surface area contributed by atoms with Crippen molar-refractivity contribution in [1.29, 1.82) is 0 Å². The van der Waals surface area contributed by atoms with Crippen molar-refractivity contribution in [3.8, 4) is 0 Å². The molecular formula is C25H24N2O7. The smallest absolute Gasteiger partial charge is 0.303 e. The number of rotatable bonds is 11. The van der Waals surface area contributed by atoms with E-state index in [4.69, 9.17) is 5.11 Å². The van der Waals surface area contributed by atoms with Crippen LogP contribution in [0.4, 0.5) is 5.69 Å². The summed E-state index contributed by atoms with van der Waals surface area (Å²) in [5.41, 5.74) is 0.726. The van der Waals surface area contributed by atoms with Gasteiger partial charge in [0.15, 0.2) is 11.5 Å². The third kappa shape index (κ3) is 5.74. The topological polar surface area (TPSA) is 138 Å². The van der Waals surface area contributed by atoms with E-state index in [0.717, 1.165) is 5.56 Å². The number of aliphatic hydroxyl groups excluding tert-OH is 1. The van der Waals surface area contributed by atoms with Crippen LogP contribution in [0.15, 0.2) is 72.0 Å². The van der Waals surface area contributed by atoms with Gasteiger partial charge in [0.05, 0.1) is 16.5 Å². The van der Waals surface area contributed by atoms with Gasteiger partial charge in [-0.05, 0) is 30.0 Å². The van der Waals surface area contributed by atoms with Crippen LogP contribution < -0.4 is 0 Å². The lowest BCUT2D eigenvalue weighted by molar-refractivity contribution is -0.384. The lowest BCUT2D eigenvalue weighted by Crippen LogP contribution is -2.32. The maximum absolute atomic E-state index is 13.1. The highest BCUT2D eigenvalue weighted by molar-refractivity contribution is 6.14. The zero-order valence-corrected chi connectivity index (χ0v) is 18.3. The fourth-order valence-electron chi connectivity index (χ4n) is 3.85. The summed E-state index contributed by atoms with van der Waals surface area (Å²) in [4.78, 5) is 48.7. The molecule has 0 bridgehead atoms. The normalized spacial score (nSPS) is 15.8. The van der Waals surface area contributed by atoms with Crippen LogP contribution in [-0.4, -0.2) is 44.2 Å². The number of unbranched alkanes of at least 4 members (excludes halogenated alkanes) is 2. The number of allylic oxidation sites excluding steroid dienone is 1. The first-order chi connectivity index (χ1) is 16.3. The molecule has 0 fully saturated rings. The second kappa shape index (κ2) is 11.0. The van der Waals surface area contributed by atoms with Gasteiger partial charge in [-0.2, -0.15) is 0 Å². The number of carboxylic acids is 1. The molecule has 2 N–H and O–H groups in total. The molecule has 9 heteroatoms. The Morgan fingerprint density at radius 2 is 1.79 bits per heavy atom. The highest BCUT2D eigenvalue weighted by atomic mass is 16.6. The fraction of sp³-hybridized carbons (Fsp3) is 0.240. The van der Waals surface area contributed by atoms with Crippen LogP contribution >= 0.6 is 0 Å². The first-order valence-electron chi connectivity index (χ1n) is 10.8. The van der Waals surface area contributed by atoms with Crippen molar-refractivity contribution in [2.45, 2.75) is 31.7 Å². The summed E-state index contributed by atoms with van der Waals surface area (Å²) < 4.78 is 0. The van der Waals surface area contributed by atoms with Gasteiger partial charge in [-0.3, -0.25) is 24.5 Å². The Hall–Kier alpha value is -4.27. The van der Waals surface area contributed by atoms with Crippen LogP contribution in [0.2, 0.25) is 0 Å². The first-order valence-corrected chi connectivity index (χ1v) is 10.8. The van der Waals surface area contributed by atoms with E-state index in [1.807, 2.05) is 6.07 Å². The third-order valence-electron chi connectivity index (χ3n) is 5.48. The van der Waals surface area contributed by atoms with E-state index in [9.17, 15) is 29.6 Å². The molecule has 1 atom stereocenters. The second-order valence-corrected chi connectivity index (χ2v) is 7.83. The molecule has 1 heterocycles. The van der Waals surface area contributed by atoms with Gasteiger partial charge < -0.3 is 15.1 Å². The quantitative estimate of drug-likeness (QED) is 0.220. The number of benzene rings is 2. The summed E-state index contributed by atoms with van der Waals surface area (Å²) in [7, 11) is 0. The highest BCUT2D eigenvalue weighted by Crippen LogP contribution is 2.39. The van der Waals surface area contributed by atoms with E-state index >= 15 is 0 Å². The molecule has 1 amide bonds. The van der Waals surface area contributed by atoms with Crippen LogP contribution in [-0.2, 0) is 14.4 Å². The molecule has 0 aliphatic carbocycles. The van der Waals surface area contributed by atoms with E-state index < -0.39 is 34.4 Å². The van der Waals surface area contributed by atoms with E-state index in [2.05, 4.69) is 0 Å². The molecular weight excluding hydrogens is 440 g/mol. The Morgan fingerprint density at radius 3 is 2.47 bits per heavy atom. The van der Waals surface area contributed by atoms with Crippen molar-refractivity contribution in [3.05, 3.63) is 93.2 Å². The molecule has 1 aliphatic rings. The molecule has 176 valence electrons. The van der Waals surface area contributed by atoms with Crippen molar-refractivity contribution < 1.29 is 29.5 Å². The van der Waals surface area contributed by atoms with Crippen molar-refractivity contribution in [3.63, 3.8) is 0 Å². The number of nitro groups is 1. The number of carboxylic acid groups (broad SMARTS) is 1. The summed E-state index contributed by atoms with van der Waals surface area (Å²) in [6.45, 7) is 0.148. The van der Waals surface area contributed by atoms with Gasteiger partial charge in [-0.25, -0.2) is 0 Å². The largest absolute Gasteiger partial charge is 0.503 e. The Bertz CT molecular complexity index is 1150. The average Bonchev–Trinajstić information content (AvgIpc) is 3.08. The molecule has 0 spiro atoms. The first kappa shape index (κ1) is 24.4. The number of carbonyl (C=O) groups excluding carboxylic acids is 2. The number of aliphatic carboxylic acids is 1. The average molecular weight is 464 g/mol. The Labute approximate surface area is 195 Å². The van der Waals surface area contributed by atoms with Gasteiger partial charge >= 0.3 is 5.97 Å². The van der Waals surface area contributed by atoms with Crippen LogP contribution in [0.3, 0.4) is 0 Å². The maximum Gasteiger partial charge on any atom is 0.303 e. The molecule has 3 rings (SSSR count). The van der Waals surface area contributed by atoms with E-state index in [1.165, 1.54) is 29.2 Å².